The Balaban J connectivity index is 1.70. The fraction of sp³-hybridized carbons (Fsp3) is 0.522. The SMILES string of the molecule is CCC(O)(c1cc(F)c2c(c1)C(=O)N(Cc1ncc(Cl)cn1)C2OC)C1CCCCC1. The molecule has 2 atom stereocenters. The van der Waals surface area contributed by atoms with Crippen LogP contribution in [-0.4, -0.2) is 33.0 Å². The van der Waals surface area contributed by atoms with Gasteiger partial charge in [-0.1, -0.05) is 37.8 Å². The molecule has 1 aliphatic heterocycles. The van der Waals surface area contributed by atoms with E-state index in [1.807, 2.05) is 6.92 Å². The first-order valence-corrected chi connectivity index (χ1v) is 11.1. The summed E-state index contributed by atoms with van der Waals surface area (Å²) in [6, 6.07) is 3.02. The van der Waals surface area contributed by atoms with E-state index in [1.54, 1.807) is 6.07 Å². The van der Waals surface area contributed by atoms with E-state index in [9.17, 15) is 9.90 Å². The van der Waals surface area contributed by atoms with Crippen LogP contribution in [0.15, 0.2) is 24.5 Å². The van der Waals surface area contributed by atoms with Gasteiger partial charge in [0, 0.05) is 25.1 Å². The van der Waals surface area contributed by atoms with Crippen molar-refractivity contribution in [1.29, 1.82) is 0 Å². The normalized spacial score (nSPS) is 21.3. The average molecular weight is 448 g/mol. The number of amides is 1. The molecular weight excluding hydrogens is 421 g/mol. The number of aliphatic hydroxyl groups is 1. The third kappa shape index (κ3) is 3.95. The van der Waals surface area contributed by atoms with Crippen LogP contribution in [0.3, 0.4) is 0 Å². The number of ether oxygens (including phenoxy) is 1. The number of methoxy groups -OCH3 is 1. The number of halogens is 2. The fourth-order valence-corrected chi connectivity index (χ4v) is 5.09. The van der Waals surface area contributed by atoms with Crippen LogP contribution in [0, 0.1) is 11.7 Å². The van der Waals surface area contributed by atoms with Gasteiger partial charge < -0.3 is 14.7 Å². The molecule has 8 heteroatoms. The van der Waals surface area contributed by atoms with Gasteiger partial charge in [0.25, 0.3) is 5.91 Å². The van der Waals surface area contributed by atoms with Crippen molar-refractivity contribution < 1.29 is 19.0 Å². The van der Waals surface area contributed by atoms with Gasteiger partial charge in [-0.3, -0.25) is 4.79 Å². The van der Waals surface area contributed by atoms with Crippen LogP contribution in [0.25, 0.3) is 0 Å². The number of carbonyl (C=O) groups is 1. The average Bonchev–Trinajstić information content (AvgIpc) is 3.06. The lowest BCUT2D eigenvalue weighted by molar-refractivity contribution is -0.0425. The molecule has 2 unspecified atom stereocenters. The van der Waals surface area contributed by atoms with E-state index in [1.165, 1.54) is 30.5 Å². The van der Waals surface area contributed by atoms with Gasteiger partial charge in [-0.15, -0.1) is 0 Å². The molecule has 1 aromatic heterocycles. The lowest BCUT2D eigenvalue weighted by Crippen LogP contribution is -2.36. The summed E-state index contributed by atoms with van der Waals surface area (Å²) < 4.78 is 20.8. The van der Waals surface area contributed by atoms with Gasteiger partial charge in [-0.25, -0.2) is 14.4 Å². The van der Waals surface area contributed by atoms with E-state index in [-0.39, 0.29) is 29.5 Å². The molecule has 6 nitrogen and oxygen atoms in total. The van der Waals surface area contributed by atoms with Crippen LogP contribution in [-0.2, 0) is 16.9 Å². The highest BCUT2D eigenvalue weighted by molar-refractivity contribution is 6.30. The van der Waals surface area contributed by atoms with Crippen molar-refractivity contribution in [3.8, 4) is 0 Å². The molecule has 166 valence electrons. The molecule has 0 radical (unpaired) electrons. The Hall–Kier alpha value is -2.09. The number of rotatable bonds is 6. The summed E-state index contributed by atoms with van der Waals surface area (Å²) in [6.07, 6.45) is 7.54. The minimum Gasteiger partial charge on any atom is -0.385 e. The van der Waals surface area contributed by atoms with Crippen LogP contribution < -0.4 is 0 Å². The molecule has 0 saturated heterocycles. The van der Waals surface area contributed by atoms with E-state index >= 15 is 4.39 Å². The minimum absolute atomic E-state index is 0.0528. The second-order valence-electron chi connectivity index (χ2n) is 8.37. The first-order valence-electron chi connectivity index (χ1n) is 10.8. The van der Waals surface area contributed by atoms with Gasteiger partial charge in [0.15, 0.2) is 6.23 Å². The molecule has 2 aliphatic rings. The molecular formula is C23H27ClFN3O3. The summed E-state index contributed by atoms with van der Waals surface area (Å²) in [6.45, 7) is 1.96. The molecule has 2 heterocycles. The smallest absolute Gasteiger partial charge is 0.257 e. The quantitative estimate of drug-likeness (QED) is 0.691. The van der Waals surface area contributed by atoms with E-state index in [4.69, 9.17) is 16.3 Å². The zero-order valence-corrected chi connectivity index (χ0v) is 18.5. The second kappa shape index (κ2) is 8.81. The van der Waals surface area contributed by atoms with Crippen molar-refractivity contribution in [2.24, 2.45) is 5.92 Å². The lowest BCUT2D eigenvalue weighted by atomic mass is 9.71. The Morgan fingerprint density at radius 1 is 1.26 bits per heavy atom. The van der Waals surface area contributed by atoms with Crippen LogP contribution in [0.4, 0.5) is 4.39 Å². The lowest BCUT2D eigenvalue weighted by Gasteiger charge is -2.38. The number of fused-ring (bicyclic) bond motifs is 1. The standard InChI is InChI=1S/C23H27ClFN3O3/c1-3-23(30,14-7-5-4-6-8-14)15-9-17-20(18(25)10-15)22(31-2)28(21(17)29)13-19-26-11-16(24)12-27-19/h9-12,14,22,30H,3-8,13H2,1-2H3. The van der Waals surface area contributed by atoms with E-state index in [0.29, 0.717) is 22.8 Å². The summed E-state index contributed by atoms with van der Waals surface area (Å²) in [5.41, 5.74) is -0.289. The zero-order chi connectivity index (χ0) is 22.2. The Morgan fingerprint density at radius 3 is 2.55 bits per heavy atom. The van der Waals surface area contributed by atoms with Crippen molar-refractivity contribution in [1.82, 2.24) is 14.9 Å². The molecule has 1 amide bonds. The zero-order valence-electron chi connectivity index (χ0n) is 17.8. The van der Waals surface area contributed by atoms with Crippen LogP contribution in [0.2, 0.25) is 5.02 Å². The summed E-state index contributed by atoms with van der Waals surface area (Å²) in [7, 11) is 1.43. The molecule has 1 aliphatic carbocycles. The van der Waals surface area contributed by atoms with E-state index < -0.39 is 17.6 Å². The van der Waals surface area contributed by atoms with Gasteiger partial charge in [0.1, 0.15) is 11.6 Å². The third-order valence-corrected chi connectivity index (χ3v) is 6.87. The monoisotopic (exact) mass is 447 g/mol. The number of hydrogen-bond donors (Lipinski definition) is 1. The summed E-state index contributed by atoms with van der Waals surface area (Å²) in [5.74, 6) is -0.490. The summed E-state index contributed by atoms with van der Waals surface area (Å²) >= 11 is 5.84. The van der Waals surface area contributed by atoms with Crippen molar-refractivity contribution in [3.63, 3.8) is 0 Å². The van der Waals surface area contributed by atoms with E-state index in [2.05, 4.69) is 9.97 Å². The highest BCUT2D eigenvalue weighted by Gasteiger charge is 2.43. The van der Waals surface area contributed by atoms with Gasteiger partial charge in [0.2, 0.25) is 0 Å². The fourth-order valence-electron chi connectivity index (χ4n) is 4.99. The maximum atomic E-state index is 15.3. The Kier molecular flexibility index (Phi) is 6.28. The van der Waals surface area contributed by atoms with Gasteiger partial charge >= 0.3 is 0 Å². The summed E-state index contributed by atoms with van der Waals surface area (Å²) in [4.78, 5) is 22.9. The predicted octanol–water partition coefficient (Wildman–Crippen LogP) is 4.75. The molecule has 1 fully saturated rings. The maximum Gasteiger partial charge on any atom is 0.257 e. The Morgan fingerprint density at radius 2 is 1.94 bits per heavy atom. The maximum absolute atomic E-state index is 15.3. The Labute approximate surface area is 186 Å². The largest absolute Gasteiger partial charge is 0.385 e. The molecule has 1 aromatic carbocycles. The van der Waals surface area contributed by atoms with E-state index in [0.717, 1.165) is 32.1 Å². The third-order valence-electron chi connectivity index (χ3n) is 6.68. The van der Waals surface area contributed by atoms with Crippen molar-refractivity contribution >= 4 is 17.5 Å². The topological polar surface area (TPSA) is 75.5 Å². The first-order chi connectivity index (χ1) is 14.9. The van der Waals surface area contributed by atoms with Crippen molar-refractivity contribution in [2.75, 3.05) is 7.11 Å². The molecule has 2 aromatic rings. The molecule has 1 saturated carbocycles. The van der Waals surface area contributed by atoms with Crippen molar-refractivity contribution in [2.45, 2.75) is 63.8 Å². The van der Waals surface area contributed by atoms with Gasteiger partial charge in [-0.05, 0) is 42.9 Å². The highest BCUT2D eigenvalue weighted by Crippen LogP contribution is 2.45. The van der Waals surface area contributed by atoms with Crippen molar-refractivity contribution in [3.05, 3.63) is 57.9 Å². The summed E-state index contributed by atoms with van der Waals surface area (Å²) in [5, 5.41) is 11.9. The Bertz CT molecular complexity index is 965. The molecule has 0 spiro atoms. The molecule has 4 rings (SSSR count). The van der Waals surface area contributed by atoms with Crippen LogP contribution >= 0.6 is 11.6 Å². The number of benzene rings is 1. The molecule has 1 N–H and O–H groups in total. The van der Waals surface area contributed by atoms with Gasteiger partial charge in [0.05, 0.1) is 22.7 Å². The first kappa shape index (κ1) is 22.1. The van der Waals surface area contributed by atoms with Crippen LogP contribution in [0.5, 0.6) is 0 Å². The second-order valence-corrected chi connectivity index (χ2v) is 8.81. The number of carbonyl (C=O) groups excluding carboxylic acids is 1. The molecule has 31 heavy (non-hydrogen) atoms. The minimum atomic E-state index is -1.16. The number of nitrogens with zero attached hydrogens (tertiary/aromatic N) is 3. The highest BCUT2D eigenvalue weighted by atomic mass is 35.5. The predicted molar refractivity (Wildman–Crippen MR) is 114 cm³/mol. The number of hydrogen-bond acceptors (Lipinski definition) is 5. The number of aromatic nitrogens is 2. The molecule has 0 bridgehead atoms. The van der Waals surface area contributed by atoms with Crippen LogP contribution in [0.1, 0.15) is 79.0 Å². The van der Waals surface area contributed by atoms with Gasteiger partial charge in [-0.2, -0.15) is 0 Å².